The van der Waals surface area contributed by atoms with E-state index in [1.54, 1.807) is 0 Å². The lowest BCUT2D eigenvalue weighted by Crippen LogP contribution is -2.30. The molecule has 0 amide bonds. The molecule has 0 aliphatic heterocycles. The molecule has 0 aromatic rings. The minimum atomic E-state index is -0.362. The number of rotatable bonds is 5. The zero-order chi connectivity index (χ0) is 15.6. The number of hydrogen-bond acceptors (Lipinski definition) is 2. The zero-order valence-corrected chi connectivity index (χ0v) is 14.3. The van der Waals surface area contributed by atoms with Gasteiger partial charge in [0, 0.05) is 5.41 Å². The Morgan fingerprint density at radius 3 is 2.65 bits per heavy atom. The van der Waals surface area contributed by atoms with Crippen LogP contribution in [0.1, 0.15) is 48.0 Å². The fraction of sp³-hybridized carbons (Fsp3) is 0.706. The third kappa shape index (κ3) is 3.88. The molecule has 20 heavy (non-hydrogen) atoms. The van der Waals surface area contributed by atoms with Crippen molar-refractivity contribution in [1.82, 2.24) is 0 Å². The third-order valence-electron chi connectivity index (χ3n) is 4.84. The van der Waals surface area contributed by atoms with Crippen molar-refractivity contribution in [3.63, 3.8) is 0 Å². The van der Waals surface area contributed by atoms with E-state index in [-0.39, 0.29) is 28.8 Å². The number of hydrogen-bond donors (Lipinski definition) is 0. The van der Waals surface area contributed by atoms with Crippen molar-refractivity contribution in [2.45, 2.75) is 54.1 Å². The summed E-state index contributed by atoms with van der Waals surface area (Å²) in [7, 11) is 0. The number of halogens is 1. The molecule has 114 valence electrons. The molecule has 1 rings (SSSR count). The molecule has 0 radical (unpaired) electrons. The van der Waals surface area contributed by atoms with E-state index < -0.39 is 0 Å². The fourth-order valence-electron chi connectivity index (χ4n) is 2.35. The van der Waals surface area contributed by atoms with Gasteiger partial charge in [0.25, 0.3) is 0 Å². The van der Waals surface area contributed by atoms with E-state index in [1.165, 1.54) is 5.57 Å². The zero-order valence-electron chi connectivity index (χ0n) is 13.5. The number of allylic oxidation sites excluding steroid dienone is 3. The van der Waals surface area contributed by atoms with Crippen molar-refractivity contribution in [1.29, 1.82) is 0 Å². The van der Waals surface area contributed by atoms with Crippen LogP contribution in [0.15, 0.2) is 23.8 Å². The van der Waals surface area contributed by atoms with E-state index in [0.29, 0.717) is 5.92 Å². The molecule has 0 saturated heterocycles. The largest absolute Gasteiger partial charge is 0.461 e. The van der Waals surface area contributed by atoms with Gasteiger partial charge in [-0.2, -0.15) is 0 Å². The number of carbonyl (C=O) groups excluding carboxylic acids is 1. The van der Waals surface area contributed by atoms with Gasteiger partial charge in [-0.25, -0.2) is 0 Å². The van der Waals surface area contributed by atoms with Gasteiger partial charge in [-0.05, 0) is 31.6 Å². The second kappa shape index (κ2) is 6.34. The summed E-state index contributed by atoms with van der Waals surface area (Å²) in [5.74, 6) is 0.0557. The van der Waals surface area contributed by atoms with Gasteiger partial charge in [0.1, 0.15) is 12.0 Å². The molecule has 0 bridgehead atoms. The second-order valence-corrected chi connectivity index (χ2v) is 7.16. The van der Waals surface area contributed by atoms with Crippen LogP contribution in [0.5, 0.6) is 0 Å². The average Bonchev–Trinajstić information content (AvgIpc) is 2.61. The van der Waals surface area contributed by atoms with Gasteiger partial charge in [0.2, 0.25) is 0 Å². The van der Waals surface area contributed by atoms with Crippen LogP contribution in [-0.4, -0.2) is 18.0 Å². The highest BCUT2D eigenvalue weighted by Crippen LogP contribution is 2.44. The van der Waals surface area contributed by atoms with E-state index in [1.807, 2.05) is 6.92 Å². The van der Waals surface area contributed by atoms with Crippen LogP contribution >= 0.6 is 11.6 Å². The van der Waals surface area contributed by atoms with E-state index in [2.05, 4.69) is 52.8 Å². The number of esters is 1. The molecular weight excluding hydrogens is 272 g/mol. The standard InChI is InChI=1S/C17H27ClO2/c1-12-7-8-14(17(12,5)6)9-10-16(3,4)13(2)20-15(19)11-18/h7,9-10,13-14H,8,11H2,1-6H3/t13-,14+/m0/s1. The molecule has 2 atom stereocenters. The van der Waals surface area contributed by atoms with Crippen LogP contribution in [0.3, 0.4) is 0 Å². The first-order valence-electron chi connectivity index (χ1n) is 7.23. The summed E-state index contributed by atoms with van der Waals surface area (Å²) in [6, 6.07) is 0. The summed E-state index contributed by atoms with van der Waals surface area (Å²) in [6.07, 6.45) is 7.67. The van der Waals surface area contributed by atoms with Gasteiger partial charge in [-0.15, -0.1) is 11.6 Å². The average molecular weight is 299 g/mol. The first-order chi connectivity index (χ1) is 9.11. The Hall–Kier alpha value is -0.760. The van der Waals surface area contributed by atoms with Crippen LogP contribution in [0, 0.1) is 16.7 Å². The monoisotopic (exact) mass is 298 g/mol. The first-order valence-corrected chi connectivity index (χ1v) is 7.76. The summed E-state index contributed by atoms with van der Waals surface area (Å²) >= 11 is 5.48. The molecule has 0 spiro atoms. The maximum absolute atomic E-state index is 11.3. The van der Waals surface area contributed by atoms with Gasteiger partial charge in [0.15, 0.2) is 0 Å². The van der Waals surface area contributed by atoms with Crippen LogP contribution in [0.2, 0.25) is 0 Å². The van der Waals surface area contributed by atoms with E-state index >= 15 is 0 Å². The first kappa shape index (κ1) is 17.3. The summed E-state index contributed by atoms with van der Waals surface area (Å²) in [4.78, 5) is 11.3. The van der Waals surface area contributed by atoms with Crippen molar-refractivity contribution >= 4 is 17.6 Å². The molecule has 0 aromatic heterocycles. The number of carbonyl (C=O) groups is 1. The molecule has 0 unspecified atom stereocenters. The van der Waals surface area contributed by atoms with Crippen LogP contribution < -0.4 is 0 Å². The van der Waals surface area contributed by atoms with Gasteiger partial charge in [-0.1, -0.05) is 51.5 Å². The molecule has 0 N–H and O–H groups in total. The number of alkyl halides is 1. The van der Waals surface area contributed by atoms with Crippen molar-refractivity contribution < 1.29 is 9.53 Å². The highest BCUT2D eigenvalue weighted by Gasteiger charge is 2.34. The maximum Gasteiger partial charge on any atom is 0.321 e. The Bertz CT molecular complexity index is 419. The molecule has 0 fully saturated rings. The molecule has 3 heteroatoms. The minimum Gasteiger partial charge on any atom is -0.461 e. The van der Waals surface area contributed by atoms with Gasteiger partial charge < -0.3 is 4.74 Å². The lowest BCUT2D eigenvalue weighted by Gasteiger charge is -2.31. The minimum absolute atomic E-state index is 0.0943. The SMILES string of the molecule is CC1=CC[C@H](C=CC(C)(C)[C@H](C)OC(=O)CCl)C1(C)C. The Labute approximate surface area is 128 Å². The summed E-state index contributed by atoms with van der Waals surface area (Å²) in [5.41, 5.74) is 1.46. The Balaban J connectivity index is 2.71. The highest BCUT2D eigenvalue weighted by molar-refractivity contribution is 6.26. The Kier molecular flexibility index (Phi) is 5.48. The topological polar surface area (TPSA) is 26.3 Å². The quantitative estimate of drug-likeness (QED) is 0.416. The normalized spacial score (nSPS) is 23.8. The van der Waals surface area contributed by atoms with Crippen LogP contribution in [-0.2, 0) is 9.53 Å². The van der Waals surface area contributed by atoms with Crippen LogP contribution in [0.4, 0.5) is 0 Å². The molecule has 0 saturated carbocycles. The van der Waals surface area contributed by atoms with Crippen molar-refractivity contribution in [2.24, 2.45) is 16.7 Å². The van der Waals surface area contributed by atoms with E-state index in [4.69, 9.17) is 16.3 Å². The third-order valence-corrected chi connectivity index (χ3v) is 5.06. The Morgan fingerprint density at radius 1 is 1.60 bits per heavy atom. The van der Waals surface area contributed by atoms with E-state index in [9.17, 15) is 4.79 Å². The van der Waals surface area contributed by atoms with E-state index in [0.717, 1.165) is 6.42 Å². The van der Waals surface area contributed by atoms with Crippen molar-refractivity contribution in [3.05, 3.63) is 23.8 Å². The maximum atomic E-state index is 11.3. The van der Waals surface area contributed by atoms with Gasteiger partial charge in [0.05, 0.1) is 0 Å². The molecule has 1 aliphatic rings. The van der Waals surface area contributed by atoms with Crippen LogP contribution in [0.25, 0.3) is 0 Å². The Morgan fingerprint density at radius 2 is 2.20 bits per heavy atom. The summed E-state index contributed by atoms with van der Waals surface area (Å²) in [6.45, 7) is 12.8. The van der Waals surface area contributed by atoms with Gasteiger partial charge >= 0.3 is 5.97 Å². The predicted octanol–water partition coefficient (Wildman–Crippen LogP) is 4.73. The predicted molar refractivity (Wildman–Crippen MR) is 84.8 cm³/mol. The smallest absolute Gasteiger partial charge is 0.321 e. The molecule has 1 aliphatic carbocycles. The highest BCUT2D eigenvalue weighted by atomic mass is 35.5. The second-order valence-electron chi connectivity index (χ2n) is 6.90. The molecule has 0 aromatic carbocycles. The lowest BCUT2D eigenvalue weighted by atomic mass is 9.76. The van der Waals surface area contributed by atoms with Crippen molar-refractivity contribution in [2.75, 3.05) is 5.88 Å². The molecule has 2 nitrogen and oxygen atoms in total. The van der Waals surface area contributed by atoms with Gasteiger partial charge in [-0.3, -0.25) is 4.79 Å². The fourth-order valence-corrected chi connectivity index (χ4v) is 2.42. The van der Waals surface area contributed by atoms with Crippen molar-refractivity contribution in [3.8, 4) is 0 Å². The summed E-state index contributed by atoms with van der Waals surface area (Å²) < 4.78 is 5.32. The lowest BCUT2D eigenvalue weighted by molar-refractivity contribution is -0.149. The number of ether oxygens (including phenoxy) is 1. The molecular formula is C17H27ClO2. The molecule has 0 heterocycles. The summed E-state index contributed by atoms with van der Waals surface area (Å²) in [5, 5.41) is 0.